The number of hydrogen-bond acceptors (Lipinski definition) is 5. The SMILES string of the molecule is O=C(NO)c1ccc(CN(Cc2cccnc2)S(=O)(=O)c2cc(F)c(F)c(F)c2F)c(F)c1. The zero-order valence-corrected chi connectivity index (χ0v) is 17.2. The van der Waals surface area contributed by atoms with Gasteiger partial charge in [-0.2, -0.15) is 4.31 Å². The number of benzene rings is 2. The van der Waals surface area contributed by atoms with Crippen LogP contribution in [0.1, 0.15) is 21.5 Å². The molecular weight excluding hydrogens is 473 g/mol. The van der Waals surface area contributed by atoms with Gasteiger partial charge in [0.15, 0.2) is 23.3 Å². The Morgan fingerprint density at radius 3 is 2.30 bits per heavy atom. The van der Waals surface area contributed by atoms with Crippen molar-refractivity contribution in [3.63, 3.8) is 0 Å². The summed E-state index contributed by atoms with van der Waals surface area (Å²) in [5, 5.41) is 8.64. The first kappa shape index (κ1) is 24.2. The third-order valence-electron chi connectivity index (χ3n) is 4.53. The van der Waals surface area contributed by atoms with E-state index in [-0.39, 0.29) is 22.8 Å². The van der Waals surface area contributed by atoms with Crippen molar-refractivity contribution in [3.8, 4) is 0 Å². The smallest absolute Gasteiger partial charge is 0.274 e. The number of rotatable bonds is 7. The molecule has 2 N–H and O–H groups in total. The van der Waals surface area contributed by atoms with Gasteiger partial charge >= 0.3 is 0 Å². The highest BCUT2D eigenvalue weighted by atomic mass is 32.2. The molecule has 1 aromatic heterocycles. The average molecular weight is 487 g/mol. The molecule has 2 aromatic carbocycles. The predicted molar refractivity (Wildman–Crippen MR) is 103 cm³/mol. The first-order valence-electron chi connectivity index (χ1n) is 9.01. The van der Waals surface area contributed by atoms with Gasteiger partial charge in [-0.25, -0.2) is 35.8 Å². The molecule has 3 aromatic rings. The summed E-state index contributed by atoms with van der Waals surface area (Å²) in [4.78, 5) is 13.8. The van der Waals surface area contributed by atoms with Gasteiger partial charge in [-0.3, -0.25) is 15.0 Å². The van der Waals surface area contributed by atoms with Crippen LogP contribution < -0.4 is 5.48 Å². The molecule has 1 heterocycles. The third-order valence-corrected chi connectivity index (χ3v) is 6.32. The van der Waals surface area contributed by atoms with E-state index < -0.39 is 63.0 Å². The average Bonchev–Trinajstić information content (AvgIpc) is 2.80. The lowest BCUT2D eigenvalue weighted by Crippen LogP contribution is -2.32. The molecule has 0 bridgehead atoms. The van der Waals surface area contributed by atoms with Gasteiger partial charge in [-0.15, -0.1) is 0 Å². The van der Waals surface area contributed by atoms with E-state index in [9.17, 15) is 35.2 Å². The number of sulfonamides is 1. The van der Waals surface area contributed by atoms with E-state index in [1.54, 1.807) is 0 Å². The molecule has 0 spiro atoms. The molecule has 13 heteroatoms. The number of pyridine rings is 1. The number of nitrogens with zero attached hydrogens (tertiary/aromatic N) is 2. The minimum absolute atomic E-state index is 0.00956. The van der Waals surface area contributed by atoms with Crippen LogP contribution in [0.2, 0.25) is 0 Å². The molecule has 0 fully saturated rings. The molecule has 33 heavy (non-hydrogen) atoms. The maximum atomic E-state index is 14.6. The Morgan fingerprint density at radius 2 is 1.70 bits per heavy atom. The number of hydroxylamine groups is 1. The van der Waals surface area contributed by atoms with Gasteiger partial charge in [0.1, 0.15) is 10.7 Å². The van der Waals surface area contributed by atoms with Crippen molar-refractivity contribution in [1.82, 2.24) is 14.8 Å². The van der Waals surface area contributed by atoms with Gasteiger partial charge in [0.25, 0.3) is 5.91 Å². The van der Waals surface area contributed by atoms with Crippen LogP contribution in [0.15, 0.2) is 53.7 Å². The van der Waals surface area contributed by atoms with E-state index in [0.717, 1.165) is 12.1 Å². The Hall–Kier alpha value is -3.42. The number of hydrogen-bond donors (Lipinski definition) is 2. The van der Waals surface area contributed by atoms with Crippen molar-refractivity contribution in [1.29, 1.82) is 0 Å². The van der Waals surface area contributed by atoms with Gasteiger partial charge in [0.2, 0.25) is 10.0 Å². The fourth-order valence-corrected chi connectivity index (χ4v) is 4.35. The van der Waals surface area contributed by atoms with E-state index in [0.29, 0.717) is 10.4 Å². The summed E-state index contributed by atoms with van der Waals surface area (Å²) in [7, 11) is -5.04. The lowest BCUT2D eigenvalue weighted by Gasteiger charge is -2.23. The van der Waals surface area contributed by atoms with Crippen LogP contribution in [0.4, 0.5) is 22.0 Å². The van der Waals surface area contributed by atoms with Crippen LogP contribution in [-0.2, 0) is 23.1 Å². The van der Waals surface area contributed by atoms with Gasteiger partial charge in [0.05, 0.1) is 0 Å². The summed E-state index contributed by atoms with van der Waals surface area (Å²) in [6.45, 7) is -1.28. The topological polar surface area (TPSA) is 99.6 Å². The van der Waals surface area contributed by atoms with Crippen LogP contribution in [0.25, 0.3) is 0 Å². The van der Waals surface area contributed by atoms with E-state index in [4.69, 9.17) is 5.21 Å². The largest absolute Gasteiger partial charge is 0.288 e. The molecule has 0 aliphatic heterocycles. The third kappa shape index (κ3) is 4.99. The number of nitrogens with one attached hydrogen (secondary N) is 1. The van der Waals surface area contributed by atoms with E-state index in [2.05, 4.69) is 4.98 Å². The number of amides is 1. The first-order chi connectivity index (χ1) is 15.6. The summed E-state index contributed by atoms with van der Waals surface area (Å²) in [5.74, 6) is -10.7. The van der Waals surface area contributed by atoms with Gasteiger partial charge in [-0.05, 0) is 23.8 Å². The molecule has 0 unspecified atom stereocenters. The first-order valence-corrected chi connectivity index (χ1v) is 10.4. The number of carbonyl (C=O) groups is 1. The van der Waals surface area contributed by atoms with Crippen LogP contribution in [0, 0.1) is 29.1 Å². The second kappa shape index (κ2) is 9.60. The molecular formula is C20H14F5N3O4S. The Morgan fingerprint density at radius 1 is 0.970 bits per heavy atom. The molecule has 174 valence electrons. The maximum absolute atomic E-state index is 14.6. The highest BCUT2D eigenvalue weighted by Gasteiger charge is 2.33. The number of carbonyl (C=O) groups excluding carboxylic acids is 1. The molecule has 0 atom stereocenters. The van der Waals surface area contributed by atoms with Gasteiger partial charge in [0, 0.05) is 42.7 Å². The minimum Gasteiger partial charge on any atom is -0.288 e. The fourth-order valence-electron chi connectivity index (χ4n) is 2.87. The summed E-state index contributed by atoms with van der Waals surface area (Å²) in [6, 6.07) is 5.73. The summed E-state index contributed by atoms with van der Waals surface area (Å²) >= 11 is 0. The van der Waals surface area contributed by atoms with Crippen LogP contribution in [0.5, 0.6) is 0 Å². The Labute approximate surface area is 184 Å². The van der Waals surface area contributed by atoms with Crippen molar-refractivity contribution in [3.05, 3.63) is 94.6 Å². The minimum atomic E-state index is -5.04. The molecule has 0 saturated carbocycles. The Kier molecular flexibility index (Phi) is 7.05. The van der Waals surface area contributed by atoms with Crippen molar-refractivity contribution in [2.75, 3.05) is 0 Å². The molecule has 3 rings (SSSR count). The normalized spacial score (nSPS) is 11.6. The second-order valence-corrected chi connectivity index (χ2v) is 8.59. The Bertz CT molecular complexity index is 1310. The molecule has 1 amide bonds. The summed E-state index contributed by atoms with van der Waals surface area (Å²) < 4.78 is 96.3. The van der Waals surface area contributed by atoms with Crippen LogP contribution in [0.3, 0.4) is 0 Å². The number of aromatic nitrogens is 1. The molecule has 0 radical (unpaired) electrons. The molecule has 0 aliphatic rings. The molecule has 0 aliphatic carbocycles. The molecule has 0 saturated heterocycles. The summed E-state index contributed by atoms with van der Waals surface area (Å²) in [5.41, 5.74) is 0.997. The standard InChI is InChI=1S/C20H14F5N3O4S/c21-14-6-12(20(29)27-30)3-4-13(14)10-28(9-11-2-1-5-26-8-11)33(31,32)16-7-15(22)17(23)19(25)18(16)24/h1-8,30H,9-10H2,(H,27,29). The fraction of sp³-hybridized carbons (Fsp3) is 0.100. The van der Waals surface area contributed by atoms with Crippen molar-refractivity contribution in [2.24, 2.45) is 0 Å². The highest BCUT2D eigenvalue weighted by molar-refractivity contribution is 7.89. The maximum Gasteiger partial charge on any atom is 0.274 e. The van der Waals surface area contributed by atoms with E-state index >= 15 is 0 Å². The lowest BCUT2D eigenvalue weighted by atomic mass is 10.1. The second-order valence-electron chi connectivity index (χ2n) is 6.68. The monoisotopic (exact) mass is 487 g/mol. The zero-order valence-electron chi connectivity index (χ0n) is 16.4. The van der Waals surface area contributed by atoms with Crippen LogP contribution in [-0.4, -0.2) is 28.8 Å². The molecule has 7 nitrogen and oxygen atoms in total. The van der Waals surface area contributed by atoms with Crippen LogP contribution >= 0.6 is 0 Å². The predicted octanol–water partition coefficient (Wildman–Crippen LogP) is 3.29. The number of halogens is 5. The quantitative estimate of drug-likeness (QED) is 0.175. The van der Waals surface area contributed by atoms with Crippen molar-refractivity contribution < 1.29 is 40.4 Å². The van der Waals surface area contributed by atoms with Crippen molar-refractivity contribution >= 4 is 15.9 Å². The lowest BCUT2D eigenvalue weighted by molar-refractivity contribution is 0.0706. The Balaban J connectivity index is 2.08. The van der Waals surface area contributed by atoms with E-state index in [1.165, 1.54) is 30.0 Å². The van der Waals surface area contributed by atoms with Gasteiger partial charge in [-0.1, -0.05) is 12.1 Å². The van der Waals surface area contributed by atoms with Crippen molar-refractivity contribution in [2.45, 2.75) is 18.0 Å². The van der Waals surface area contributed by atoms with Gasteiger partial charge < -0.3 is 0 Å². The highest BCUT2D eigenvalue weighted by Crippen LogP contribution is 2.28. The van der Waals surface area contributed by atoms with E-state index in [1.807, 2.05) is 0 Å². The summed E-state index contributed by atoms with van der Waals surface area (Å²) in [6.07, 6.45) is 2.65. The zero-order chi connectivity index (χ0) is 24.3.